The van der Waals surface area contributed by atoms with Crippen molar-refractivity contribution in [2.45, 2.75) is 39.3 Å². The Hall–Kier alpha value is -2.06. The Morgan fingerprint density at radius 2 is 2.30 bits per heavy atom. The third kappa shape index (κ3) is 4.23. The number of carbonyl (C=O) groups excluding carboxylic acids is 1. The van der Waals surface area contributed by atoms with Gasteiger partial charge in [-0.15, -0.1) is 0 Å². The van der Waals surface area contributed by atoms with Crippen molar-refractivity contribution in [3.63, 3.8) is 0 Å². The molecule has 5 heteroatoms. The van der Waals surface area contributed by atoms with Crippen LogP contribution in [0.15, 0.2) is 18.2 Å². The van der Waals surface area contributed by atoms with E-state index in [9.17, 15) is 4.79 Å². The lowest BCUT2D eigenvalue weighted by Crippen LogP contribution is -2.49. The van der Waals surface area contributed by atoms with Gasteiger partial charge in [0, 0.05) is 32.1 Å². The van der Waals surface area contributed by atoms with Crippen LogP contribution in [0, 0.1) is 17.2 Å². The highest BCUT2D eigenvalue weighted by Crippen LogP contribution is 2.21. The second-order valence-electron chi connectivity index (χ2n) is 6.09. The summed E-state index contributed by atoms with van der Waals surface area (Å²) in [6, 6.07) is 8.23. The summed E-state index contributed by atoms with van der Waals surface area (Å²) in [5.74, 6) is 1.27. The number of rotatable bonds is 5. The van der Waals surface area contributed by atoms with Gasteiger partial charge in [0.25, 0.3) is 0 Å². The average molecular weight is 315 g/mol. The normalized spacial score (nSPS) is 20.9. The molecule has 1 saturated heterocycles. The molecule has 0 saturated carbocycles. The van der Waals surface area contributed by atoms with Crippen molar-refractivity contribution >= 4 is 5.91 Å². The molecule has 2 rings (SSSR count). The molecule has 1 fully saturated rings. The van der Waals surface area contributed by atoms with Crippen molar-refractivity contribution in [3.8, 4) is 11.8 Å². The number of hydrogen-bond donors (Lipinski definition) is 1. The molecule has 1 aliphatic heterocycles. The van der Waals surface area contributed by atoms with Crippen LogP contribution in [0.5, 0.6) is 5.75 Å². The number of piperidine rings is 1. The molecule has 124 valence electrons. The van der Waals surface area contributed by atoms with Gasteiger partial charge in [0.2, 0.25) is 5.91 Å². The van der Waals surface area contributed by atoms with Gasteiger partial charge in [0.05, 0.1) is 12.7 Å². The zero-order valence-electron chi connectivity index (χ0n) is 14.1. The number of hydrogen-bond acceptors (Lipinski definition) is 4. The topological polar surface area (TPSA) is 65.4 Å². The fourth-order valence-electron chi connectivity index (χ4n) is 3.10. The standard InChI is InChI=1S/C18H25N3O2/c1-4-18(22)21-8-7-16(13(2)12-21)20-11-14-5-6-17(23-3)15(9-14)10-19/h5-6,9,13,16,20H,4,7-8,11-12H2,1-3H3/t13-,16-/m0/s1. The van der Waals surface area contributed by atoms with Crippen LogP contribution >= 0.6 is 0 Å². The van der Waals surface area contributed by atoms with Crippen LogP contribution in [0.4, 0.5) is 0 Å². The Kier molecular flexibility index (Phi) is 6.00. The van der Waals surface area contributed by atoms with Gasteiger partial charge in [0.15, 0.2) is 0 Å². The second-order valence-corrected chi connectivity index (χ2v) is 6.09. The van der Waals surface area contributed by atoms with Gasteiger partial charge in [-0.1, -0.05) is 19.9 Å². The third-order valence-electron chi connectivity index (χ3n) is 4.51. The molecule has 1 N–H and O–H groups in total. The monoisotopic (exact) mass is 315 g/mol. The van der Waals surface area contributed by atoms with Gasteiger partial charge in [-0.3, -0.25) is 4.79 Å². The van der Waals surface area contributed by atoms with Crippen molar-refractivity contribution < 1.29 is 9.53 Å². The molecule has 23 heavy (non-hydrogen) atoms. The molecule has 2 atom stereocenters. The fourth-order valence-corrected chi connectivity index (χ4v) is 3.10. The molecule has 1 aromatic rings. The van der Waals surface area contributed by atoms with E-state index in [2.05, 4.69) is 18.3 Å². The number of carbonyl (C=O) groups is 1. The van der Waals surface area contributed by atoms with E-state index in [1.165, 1.54) is 0 Å². The van der Waals surface area contributed by atoms with E-state index in [0.717, 1.165) is 31.6 Å². The van der Waals surface area contributed by atoms with Crippen LogP contribution in [0.3, 0.4) is 0 Å². The number of methoxy groups -OCH3 is 1. The molecule has 0 aromatic heterocycles. The summed E-state index contributed by atoms with van der Waals surface area (Å²) in [5.41, 5.74) is 1.63. The Morgan fingerprint density at radius 3 is 2.91 bits per heavy atom. The molecule has 1 aliphatic rings. The van der Waals surface area contributed by atoms with Crippen LogP contribution in [-0.4, -0.2) is 37.0 Å². The maximum Gasteiger partial charge on any atom is 0.222 e. The third-order valence-corrected chi connectivity index (χ3v) is 4.51. The summed E-state index contributed by atoms with van der Waals surface area (Å²) in [6.45, 7) is 6.45. The van der Waals surface area contributed by atoms with Gasteiger partial charge < -0.3 is 15.0 Å². The number of nitrogens with one attached hydrogen (secondary N) is 1. The minimum absolute atomic E-state index is 0.240. The van der Waals surface area contributed by atoms with Crippen LogP contribution in [0.2, 0.25) is 0 Å². The van der Waals surface area contributed by atoms with Crippen molar-refractivity contribution in [3.05, 3.63) is 29.3 Å². The minimum Gasteiger partial charge on any atom is -0.495 e. The first-order valence-electron chi connectivity index (χ1n) is 8.17. The smallest absolute Gasteiger partial charge is 0.222 e. The number of nitriles is 1. The van der Waals surface area contributed by atoms with Crippen molar-refractivity contribution in [2.24, 2.45) is 5.92 Å². The lowest BCUT2D eigenvalue weighted by Gasteiger charge is -2.37. The lowest BCUT2D eigenvalue weighted by molar-refractivity contribution is -0.132. The van der Waals surface area contributed by atoms with Crippen molar-refractivity contribution in [2.75, 3.05) is 20.2 Å². The Labute approximate surface area is 138 Å². The van der Waals surface area contributed by atoms with Crippen LogP contribution in [0.1, 0.15) is 37.8 Å². The van der Waals surface area contributed by atoms with Crippen molar-refractivity contribution in [1.82, 2.24) is 10.2 Å². The van der Waals surface area contributed by atoms with E-state index in [4.69, 9.17) is 10.00 Å². The number of nitrogens with zero attached hydrogens (tertiary/aromatic N) is 2. The first-order valence-corrected chi connectivity index (χ1v) is 8.17. The van der Waals surface area contributed by atoms with E-state index in [0.29, 0.717) is 29.7 Å². The van der Waals surface area contributed by atoms with Gasteiger partial charge in [-0.2, -0.15) is 5.26 Å². The van der Waals surface area contributed by atoms with Crippen molar-refractivity contribution in [1.29, 1.82) is 5.26 Å². The number of likely N-dealkylation sites (tertiary alicyclic amines) is 1. The molecular formula is C18H25N3O2. The van der Waals surface area contributed by atoms with E-state index >= 15 is 0 Å². The fraction of sp³-hybridized carbons (Fsp3) is 0.556. The van der Waals surface area contributed by atoms with Gasteiger partial charge >= 0.3 is 0 Å². The molecule has 0 radical (unpaired) electrons. The summed E-state index contributed by atoms with van der Waals surface area (Å²) < 4.78 is 5.17. The van der Waals surface area contributed by atoms with Crippen LogP contribution in [0.25, 0.3) is 0 Å². The molecule has 1 heterocycles. The van der Waals surface area contributed by atoms with E-state index in [1.807, 2.05) is 30.0 Å². The SMILES string of the molecule is CCC(=O)N1CC[C@H](NCc2ccc(OC)c(C#N)c2)[C@@H](C)C1. The summed E-state index contributed by atoms with van der Waals surface area (Å²) in [6.07, 6.45) is 1.54. The molecule has 5 nitrogen and oxygen atoms in total. The van der Waals surface area contributed by atoms with E-state index < -0.39 is 0 Å². The molecular weight excluding hydrogens is 290 g/mol. The summed E-state index contributed by atoms with van der Waals surface area (Å²) in [7, 11) is 1.57. The lowest BCUT2D eigenvalue weighted by atomic mass is 9.93. The highest BCUT2D eigenvalue weighted by atomic mass is 16.5. The zero-order chi connectivity index (χ0) is 16.8. The first kappa shape index (κ1) is 17.3. The largest absolute Gasteiger partial charge is 0.495 e. The summed E-state index contributed by atoms with van der Waals surface area (Å²) >= 11 is 0. The van der Waals surface area contributed by atoms with E-state index in [1.54, 1.807) is 7.11 Å². The van der Waals surface area contributed by atoms with Gasteiger partial charge in [-0.05, 0) is 30.0 Å². The molecule has 0 spiro atoms. The predicted molar refractivity (Wildman–Crippen MR) is 89.0 cm³/mol. The first-order chi connectivity index (χ1) is 11.1. The molecule has 1 amide bonds. The van der Waals surface area contributed by atoms with Crippen LogP contribution in [-0.2, 0) is 11.3 Å². The zero-order valence-corrected chi connectivity index (χ0v) is 14.1. The maximum atomic E-state index is 11.8. The number of benzene rings is 1. The Morgan fingerprint density at radius 1 is 1.52 bits per heavy atom. The Balaban J connectivity index is 1.92. The summed E-state index contributed by atoms with van der Waals surface area (Å²) in [5, 5.41) is 12.7. The second kappa shape index (κ2) is 7.98. The molecule has 0 aliphatic carbocycles. The van der Waals surface area contributed by atoms with E-state index in [-0.39, 0.29) is 5.91 Å². The maximum absolute atomic E-state index is 11.8. The summed E-state index contributed by atoms with van der Waals surface area (Å²) in [4.78, 5) is 13.8. The molecule has 0 unspecified atom stereocenters. The average Bonchev–Trinajstić information content (AvgIpc) is 2.59. The van der Waals surface area contributed by atoms with Gasteiger partial charge in [-0.25, -0.2) is 0 Å². The minimum atomic E-state index is 0.240. The number of ether oxygens (including phenoxy) is 1. The highest BCUT2D eigenvalue weighted by molar-refractivity contribution is 5.75. The predicted octanol–water partition coefficient (Wildman–Crippen LogP) is 2.30. The molecule has 0 bridgehead atoms. The highest BCUT2D eigenvalue weighted by Gasteiger charge is 2.27. The molecule has 1 aromatic carbocycles. The van der Waals surface area contributed by atoms with Crippen LogP contribution < -0.4 is 10.1 Å². The quantitative estimate of drug-likeness (QED) is 0.905. The van der Waals surface area contributed by atoms with Gasteiger partial charge in [0.1, 0.15) is 11.8 Å². The Bertz CT molecular complexity index is 594. The number of amides is 1.